The molecule has 0 saturated heterocycles. The first-order valence-electron chi connectivity index (χ1n) is 22.8. The highest BCUT2D eigenvalue weighted by Gasteiger charge is 2.25. The van der Waals surface area contributed by atoms with Crippen LogP contribution in [-0.2, 0) is 0 Å². The van der Waals surface area contributed by atoms with Crippen molar-refractivity contribution in [2.45, 2.75) is 0 Å². The van der Waals surface area contributed by atoms with E-state index in [9.17, 15) is 0 Å². The van der Waals surface area contributed by atoms with Crippen LogP contribution >= 0.6 is 0 Å². The predicted octanol–water partition coefficient (Wildman–Crippen LogP) is 18.3. The van der Waals surface area contributed by atoms with Gasteiger partial charge in [0.2, 0.25) is 0 Å². The second-order valence-corrected chi connectivity index (χ2v) is 16.9. The van der Waals surface area contributed by atoms with Gasteiger partial charge in [0.1, 0.15) is 5.58 Å². The Hall–Kier alpha value is -8.92. The Morgan fingerprint density at radius 2 is 0.657 bits per heavy atom. The minimum absolute atomic E-state index is 0.809. The molecule has 316 valence electrons. The summed E-state index contributed by atoms with van der Waals surface area (Å²) in [6, 6.07) is 95.6. The van der Waals surface area contributed by atoms with Crippen molar-refractivity contribution in [1.82, 2.24) is 0 Å². The maximum atomic E-state index is 7.15. The molecule has 0 N–H and O–H groups in total. The van der Waals surface area contributed by atoms with Gasteiger partial charge < -0.3 is 14.2 Å². The fourth-order valence-corrected chi connectivity index (χ4v) is 9.65. The average molecular weight is 857 g/mol. The van der Waals surface area contributed by atoms with Crippen LogP contribution in [0.5, 0.6) is 0 Å². The van der Waals surface area contributed by atoms with Crippen LogP contribution in [-0.4, -0.2) is 0 Å². The molecule has 3 nitrogen and oxygen atoms in total. The summed E-state index contributed by atoms with van der Waals surface area (Å²) in [4.78, 5) is 4.76. The minimum Gasteiger partial charge on any atom is -0.454 e. The summed E-state index contributed by atoms with van der Waals surface area (Å²) in [7, 11) is 0. The van der Waals surface area contributed by atoms with E-state index in [0.717, 1.165) is 89.1 Å². The van der Waals surface area contributed by atoms with Crippen LogP contribution in [0, 0.1) is 0 Å². The molecule has 11 aromatic carbocycles. The van der Waals surface area contributed by atoms with Gasteiger partial charge in [0, 0.05) is 39.2 Å². The van der Waals surface area contributed by atoms with Crippen molar-refractivity contribution in [3.63, 3.8) is 0 Å². The summed E-state index contributed by atoms with van der Waals surface area (Å²) in [6.45, 7) is 0. The zero-order valence-corrected chi connectivity index (χ0v) is 36.7. The lowest BCUT2D eigenvalue weighted by Gasteiger charge is -2.30. The monoisotopic (exact) mass is 856 g/mol. The van der Waals surface area contributed by atoms with Crippen molar-refractivity contribution in [3.8, 4) is 44.5 Å². The molecule has 0 aliphatic carbocycles. The second kappa shape index (κ2) is 17.2. The van der Waals surface area contributed by atoms with Crippen molar-refractivity contribution < 1.29 is 4.42 Å². The number of nitrogens with zero attached hydrogens (tertiary/aromatic N) is 2. The number of benzene rings is 11. The van der Waals surface area contributed by atoms with E-state index in [0.29, 0.717) is 0 Å². The molecule has 0 bridgehead atoms. The zero-order chi connectivity index (χ0) is 44.5. The lowest BCUT2D eigenvalue weighted by molar-refractivity contribution is 0.669. The summed E-state index contributed by atoms with van der Waals surface area (Å²) in [6.07, 6.45) is 0. The van der Waals surface area contributed by atoms with E-state index in [1.807, 2.05) is 0 Å². The summed E-state index contributed by atoms with van der Waals surface area (Å²) in [5.41, 5.74) is 17.0. The van der Waals surface area contributed by atoms with E-state index in [4.69, 9.17) is 4.42 Å². The molecule has 0 fully saturated rings. The van der Waals surface area contributed by atoms with Gasteiger partial charge in [0.25, 0.3) is 0 Å². The molecular formula is C64H44N2O. The summed E-state index contributed by atoms with van der Waals surface area (Å²) < 4.78 is 7.15. The lowest BCUT2D eigenvalue weighted by atomic mass is 9.93. The van der Waals surface area contributed by atoms with Crippen LogP contribution in [0.25, 0.3) is 77.2 Å². The van der Waals surface area contributed by atoms with Gasteiger partial charge >= 0.3 is 0 Å². The topological polar surface area (TPSA) is 19.6 Å². The fourth-order valence-electron chi connectivity index (χ4n) is 9.65. The summed E-state index contributed by atoms with van der Waals surface area (Å²) >= 11 is 0. The van der Waals surface area contributed by atoms with Gasteiger partial charge in [0.05, 0.1) is 5.69 Å². The Kier molecular flexibility index (Phi) is 10.2. The molecule has 12 aromatic rings. The Bertz CT molecular complexity index is 3670. The van der Waals surface area contributed by atoms with Crippen molar-refractivity contribution >= 4 is 66.8 Å². The van der Waals surface area contributed by atoms with Crippen LogP contribution in [0.3, 0.4) is 0 Å². The smallest absolute Gasteiger partial charge is 0.159 e. The van der Waals surface area contributed by atoms with Crippen molar-refractivity contribution in [1.29, 1.82) is 0 Å². The molecule has 0 atom stereocenters. The molecule has 12 rings (SSSR count). The highest BCUT2D eigenvalue weighted by molar-refractivity contribution is 6.15. The van der Waals surface area contributed by atoms with Crippen molar-refractivity contribution in [2.24, 2.45) is 0 Å². The molecule has 3 heteroatoms. The first-order chi connectivity index (χ1) is 33.2. The van der Waals surface area contributed by atoms with E-state index in [1.165, 1.54) is 22.3 Å². The van der Waals surface area contributed by atoms with Crippen LogP contribution in [0.1, 0.15) is 0 Å². The quantitative estimate of drug-likeness (QED) is 0.137. The number of anilines is 6. The Morgan fingerprint density at radius 1 is 0.254 bits per heavy atom. The number of rotatable bonds is 10. The molecule has 0 aliphatic rings. The maximum Gasteiger partial charge on any atom is 0.159 e. The normalized spacial score (nSPS) is 11.3. The van der Waals surface area contributed by atoms with E-state index in [1.54, 1.807) is 0 Å². The van der Waals surface area contributed by atoms with Gasteiger partial charge in [-0.25, -0.2) is 0 Å². The first kappa shape index (κ1) is 39.7. The molecule has 0 saturated carbocycles. The fraction of sp³-hybridized carbons (Fsp3) is 0. The van der Waals surface area contributed by atoms with Gasteiger partial charge in [-0.3, -0.25) is 0 Å². The van der Waals surface area contributed by atoms with Crippen LogP contribution < -0.4 is 9.80 Å². The van der Waals surface area contributed by atoms with Gasteiger partial charge in [-0.05, 0) is 128 Å². The molecule has 0 spiro atoms. The highest BCUT2D eigenvalue weighted by atomic mass is 16.3. The highest BCUT2D eigenvalue weighted by Crippen LogP contribution is 2.49. The molecule has 0 unspecified atom stereocenters. The SMILES string of the molecule is c1ccc(-c2ccc(N(c3ccccc3)c3cc(N(c4ccccc4)c4ccc(-c5ccccc5)c(-c5ccccc5)c4)c4oc5cc6ccccc6cc5c4c3)cc2-c2ccccc2)cc1. The number of furan rings is 1. The third-order valence-electron chi connectivity index (χ3n) is 12.8. The van der Waals surface area contributed by atoms with Crippen molar-refractivity contribution in [2.75, 3.05) is 9.80 Å². The standard InChI is InChI=1S/C64H44N2O/c1-7-21-45(22-8-1)56-37-35-53(41-58(56)47-25-11-3-12-26-47)65(51-31-15-5-16-32-51)55-43-61-60-39-49-29-19-20-30-50(49)40-63(60)67-64(61)62(44-55)66(52-33-17-6-18-34-52)54-36-38-57(46-23-9-2-10-24-46)59(42-54)48-27-13-4-14-28-48/h1-44H. The third-order valence-corrected chi connectivity index (χ3v) is 12.8. The molecule has 1 aromatic heterocycles. The van der Waals surface area contributed by atoms with E-state index in [2.05, 4.69) is 277 Å². The molecule has 0 radical (unpaired) electrons. The van der Waals surface area contributed by atoms with Crippen LogP contribution in [0.15, 0.2) is 271 Å². The van der Waals surface area contributed by atoms with E-state index < -0.39 is 0 Å². The van der Waals surface area contributed by atoms with Gasteiger partial charge in [-0.1, -0.05) is 194 Å². The largest absolute Gasteiger partial charge is 0.454 e. The summed E-state index contributed by atoms with van der Waals surface area (Å²) in [5.74, 6) is 0. The summed E-state index contributed by atoms with van der Waals surface area (Å²) in [5, 5.41) is 4.39. The first-order valence-corrected chi connectivity index (χ1v) is 22.8. The van der Waals surface area contributed by atoms with Gasteiger partial charge in [0.15, 0.2) is 5.58 Å². The minimum atomic E-state index is 0.809. The predicted molar refractivity (Wildman–Crippen MR) is 282 cm³/mol. The Morgan fingerprint density at radius 3 is 1.15 bits per heavy atom. The lowest BCUT2D eigenvalue weighted by Crippen LogP contribution is -2.14. The molecular weight excluding hydrogens is 813 g/mol. The van der Waals surface area contributed by atoms with Crippen LogP contribution in [0.4, 0.5) is 34.1 Å². The maximum absolute atomic E-state index is 7.15. The molecule has 1 heterocycles. The number of fused-ring (bicyclic) bond motifs is 4. The zero-order valence-electron chi connectivity index (χ0n) is 36.7. The van der Waals surface area contributed by atoms with Crippen LogP contribution in [0.2, 0.25) is 0 Å². The average Bonchev–Trinajstić information content (AvgIpc) is 3.77. The van der Waals surface area contributed by atoms with Crippen molar-refractivity contribution in [3.05, 3.63) is 267 Å². The second-order valence-electron chi connectivity index (χ2n) is 16.9. The molecule has 0 aliphatic heterocycles. The Labute approximate surface area is 390 Å². The third kappa shape index (κ3) is 7.49. The number of hydrogen-bond acceptors (Lipinski definition) is 3. The molecule has 67 heavy (non-hydrogen) atoms. The van der Waals surface area contributed by atoms with Gasteiger partial charge in [-0.15, -0.1) is 0 Å². The molecule has 0 amide bonds. The van der Waals surface area contributed by atoms with E-state index in [-0.39, 0.29) is 0 Å². The Balaban J connectivity index is 1.15. The van der Waals surface area contributed by atoms with Gasteiger partial charge in [-0.2, -0.15) is 0 Å². The van der Waals surface area contributed by atoms with E-state index >= 15 is 0 Å². The number of para-hydroxylation sites is 2. The number of hydrogen-bond donors (Lipinski definition) is 0.